The van der Waals surface area contributed by atoms with Crippen LogP contribution in [-0.4, -0.2) is 29.8 Å². The topological polar surface area (TPSA) is 3.24 Å². The summed E-state index contributed by atoms with van der Waals surface area (Å²) >= 11 is 4.58. The van der Waals surface area contributed by atoms with Crippen LogP contribution in [0.2, 0.25) is 0 Å². The van der Waals surface area contributed by atoms with E-state index in [1.54, 1.807) is 0 Å². The van der Waals surface area contributed by atoms with Gasteiger partial charge in [0.2, 0.25) is 0 Å². The molecule has 0 aliphatic heterocycles. The van der Waals surface area contributed by atoms with Gasteiger partial charge in [0.05, 0.1) is 0 Å². The van der Waals surface area contributed by atoms with Crippen LogP contribution >= 0.6 is 12.6 Å². The van der Waals surface area contributed by atoms with Crippen LogP contribution in [0.5, 0.6) is 0 Å². The van der Waals surface area contributed by atoms with E-state index in [2.05, 4.69) is 31.5 Å². The Hall–Kier alpha value is 0.310. The number of hydrogen-bond acceptors (Lipinski definition) is 2. The molecule has 1 aliphatic carbocycles. The molecule has 1 unspecified atom stereocenters. The minimum absolute atomic E-state index is 0.631. The lowest BCUT2D eigenvalue weighted by Crippen LogP contribution is -2.35. The zero-order valence-electron chi connectivity index (χ0n) is 7.58. The monoisotopic (exact) mass is 173 g/mol. The second-order valence-corrected chi connectivity index (χ2v) is 4.21. The maximum Gasteiger partial charge on any atom is 0.0209 e. The van der Waals surface area contributed by atoms with E-state index in [-0.39, 0.29) is 0 Å². The van der Waals surface area contributed by atoms with E-state index in [9.17, 15) is 0 Å². The lowest BCUT2D eigenvalue weighted by Gasteiger charge is -2.26. The van der Waals surface area contributed by atoms with Crippen LogP contribution in [0.1, 0.15) is 32.6 Å². The van der Waals surface area contributed by atoms with Crippen LogP contribution in [0, 0.1) is 0 Å². The maximum absolute atomic E-state index is 4.58. The van der Waals surface area contributed by atoms with Crippen molar-refractivity contribution in [1.29, 1.82) is 0 Å². The highest BCUT2D eigenvalue weighted by Gasteiger charge is 2.26. The molecular weight excluding hydrogens is 154 g/mol. The number of thiol groups is 1. The summed E-state index contributed by atoms with van der Waals surface area (Å²) in [4.78, 5) is 2.46. The van der Waals surface area contributed by atoms with Crippen molar-refractivity contribution in [2.75, 3.05) is 13.6 Å². The molecule has 0 radical (unpaired) electrons. The predicted molar refractivity (Wildman–Crippen MR) is 53.3 cm³/mol. The molecule has 0 saturated heterocycles. The quantitative estimate of drug-likeness (QED) is 0.640. The van der Waals surface area contributed by atoms with Crippen molar-refractivity contribution in [2.45, 2.75) is 43.9 Å². The fourth-order valence-corrected chi connectivity index (χ4v) is 2.51. The van der Waals surface area contributed by atoms with E-state index >= 15 is 0 Å². The predicted octanol–water partition coefficient (Wildman–Crippen LogP) is 2.18. The Labute approximate surface area is 75.6 Å². The molecule has 1 fully saturated rings. The Kier molecular flexibility index (Phi) is 3.73. The molecule has 0 bridgehead atoms. The van der Waals surface area contributed by atoms with E-state index in [0.717, 1.165) is 6.04 Å². The summed E-state index contributed by atoms with van der Waals surface area (Å²) in [6.45, 7) is 3.46. The van der Waals surface area contributed by atoms with Crippen molar-refractivity contribution in [3.8, 4) is 0 Å². The maximum atomic E-state index is 4.58. The summed E-state index contributed by atoms with van der Waals surface area (Å²) in [6.07, 6.45) is 5.28. The van der Waals surface area contributed by atoms with Gasteiger partial charge in [0, 0.05) is 11.3 Å². The van der Waals surface area contributed by atoms with Crippen LogP contribution in [0.4, 0.5) is 0 Å². The van der Waals surface area contributed by atoms with E-state index < -0.39 is 0 Å². The minimum atomic E-state index is 0.631. The van der Waals surface area contributed by atoms with Gasteiger partial charge in [-0.25, -0.2) is 0 Å². The second kappa shape index (κ2) is 4.36. The zero-order valence-corrected chi connectivity index (χ0v) is 8.48. The van der Waals surface area contributed by atoms with Gasteiger partial charge in [0.15, 0.2) is 0 Å². The third-order valence-electron chi connectivity index (χ3n) is 2.59. The Bertz CT molecular complexity index is 116. The molecule has 1 saturated carbocycles. The molecule has 0 aromatic heterocycles. The largest absolute Gasteiger partial charge is 0.302 e. The third-order valence-corrected chi connectivity index (χ3v) is 3.19. The van der Waals surface area contributed by atoms with Gasteiger partial charge in [-0.1, -0.05) is 13.3 Å². The fourth-order valence-electron chi connectivity index (χ4n) is 1.95. The van der Waals surface area contributed by atoms with Gasteiger partial charge in [-0.05, 0) is 32.9 Å². The minimum Gasteiger partial charge on any atom is -0.302 e. The fraction of sp³-hybridized carbons (Fsp3) is 1.00. The molecule has 11 heavy (non-hydrogen) atoms. The average Bonchev–Trinajstić information content (AvgIpc) is 2.36. The molecule has 1 rings (SSSR count). The lowest BCUT2D eigenvalue weighted by molar-refractivity contribution is 0.251. The molecule has 0 heterocycles. The molecule has 0 N–H and O–H groups in total. The van der Waals surface area contributed by atoms with Gasteiger partial charge in [0.25, 0.3) is 0 Å². The van der Waals surface area contributed by atoms with Gasteiger partial charge in [-0.3, -0.25) is 0 Å². The highest BCUT2D eigenvalue weighted by atomic mass is 32.1. The Morgan fingerprint density at radius 2 is 2.18 bits per heavy atom. The summed E-state index contributed by atoms with van der Waals surface area (Å²) < 4.78 is 0. The van der Waals surface area contributed by atoms with Crippen LogP contribution in [0.15, 0.2) is 0 Å². The molecule has 66 valence electrons. The third kappa shape index (κ3) is 2.38. The first kappa shape index (κ1) is 9.40. The Morgan fingerprint density at radius 3 is 2.64 bits per heavy atom. The normalized spacial score (nSPS) is 31.6. The number of nitrogens with zero attached hydrogens (tertiary/aromatic N) is 1. The van der Waals surface area contributed by atoms with Crippen LogP contribution in [0.25, 0.3) is 0 Å². The number of hydrogen-bond donors (Lipinski definition) is 1. The van der Waals surface area contributed by atoms with Gasteiger partial charge in [-0.2, -0.15) is 12.6 Å². The zero-order chi connectivity index (χ0) is 8.27. The molecule has 0 amide bonds. The van der Waals surface area contributed by atoms with Crippen molar-refractivity contribution in [3.05, 3.63) is 0 Å². The summed E-state index contributed by atoms with van der Waals surface area (Å²) in [6, 6.07) is 0.748. The number of rotatable bonds is 3. The van der Waals surface area contributed by atoms with Crippen LogP contribution in [-0.2, 0) is 0 Å². The molecule has 0 spiro atoms. The van der Waals surface area contributed by atoms with Gasteiger partial charge >= 0.3 is 0 Å². The van der Waals surface area contributed by atoms with Gasteiger partial charge < -0.3 is 4.90 Å². The molecule has 1 nitrogen and oxygen atoms in total. The van der Waals surface area contributed by atoms with Gasteiger partial charge in [-0.15, -0.1) is 0 Å². The standard InChI is InChI=1S/C9H19NS/c1-3-7-10(2)8-5-4-6-9(8)11/h8-9,11H,3-7H2,1-2H3/t8?,9-/m1/s1. The van der Waals surface area contributed by atoms with Crippen molar-refractivity contribution in [2.24, 2.45) is 0 Å². The van der Waals surface area contributed by atoms with Gasteiger partial charge in [0.1, 0.15) is 0 Å². The molecule has 1 aliphatic rings. The highest BCUT2D eigenvalue weighted by Crippen LogP contribution is 2.27. The summed E-state index contributed by atoms with van der Waals surface area (Å²) in [5.41, 5.74) is 0. The van der Waals surface area contributed by atoms with Crippen molar-refractivity contribution < 1.29 is 0 Å². The highest BCUT2D eigenvalue weighted by molar-refractivity contribution is 7.81. The SMILES string of the molecule is CCCN(C)C1CCC[C@H]1S. The van der Waals surface area contributed by atoms with Crippen LogP contribution in [0.3, 0.4) is 0 Å². The first-order valence-electron chi connectivity index (χ1n) is 4.64. The van der Waals surface area contributed by atoms with E-state index in [1.165, 1.54) is 32.2 Å². The molecular formula is C9H19NS. The lowest BCUT2D eigenvalue weighted by atomic mass is 10.2. The molecule has 0 aromatic rings. The summed E-state index contributed by atoms with van der Waals surface area (Å²) in [5, 5.41) is 0.631. The van der Waals surface area contributed by atoms with E-state index in [0.29, 0.717) is 5.25 Å². The molecule has 0 aromatic carbocycles. The molecule has 2 heteroatoms. The average molecular weight is 173 g/mol. The second-order valence-electron chi connectivity index (χ2n) is 3.55. The van der Waals surface area contributed by atoms with Crippen molar-refractivity contribution >= 4 is 12.6 Å². The van der Waals surface area contributed by atoms with E-state index in [1.807, 2.05) is 0 Å². The first-order chi connectivity index (χ1) is 5.25. The van der Waals surface area contributed by atoms with Crippen LogP contribution < -0.4 is 0 Å². The Balaban J connectivity index is 2.33. The van der Waals surface area contributed by atoms with Crippen molar-refractivity contribution in [3.63, 3.8) is 0 Å². The van der Waals surface area contributed by atoms with Crippen molar-refractivity contribution in [1.82, 2.24) is 4.90 Å². The first-order valence-corrected chi connectivity index (χ1v) is 5.15. The summed E-state index contributed by atoms with van der Waals surface area (Å²) in [7, 11) is 2.22. The Morgan fingerprint density at radius 1 is 1.45 bits per heavy atom. The molecule has 2 atom stereocenters. The summed E-state index contributed by atoms with van der Waals surface area (Å²) in [5.74, 6) is 0. The smallest absolute Gasteiger partial charge is 0.0209 e. The van der Waals surface area contributed by atoms with E-state index in [4.69, 9.17) is 0 Å².